The maximum Gasteiger partial charge on any atom is 0.419 e. The van der Waals surface area contributed by atoms with Crippen molar-refractivity contribution in [3.63, 3.8) is 0 Å². The fraction of sp³-hybridized carbons (Fsp3) is 0.571. The summed E-state index contributed by atoms with van der Waals surface area (Å²) in [6.45, 7) is 1.63. The standard InChI is InChI=1S/C14H18ClF3O3/c1-12(2,7-13(20,8-19)14(16,17)18)10-6-9(15)4-5-11(10)21-3/h4-6,19-20H,7-8H2,1-3H3. The molecule has 1 aromatic carbocycles. The van der Waals surface area contributed by atoms with E-state index in [1.54, 1.807) is 12.1 Å². The van der Waals surface area contributed by atoms with Gasteiger partial charge in [-0.1, -0.05) is 25.4 Å². The molecular formula is C14H18ClF3O3. The van der Waals surface area contributed by atoms with Gasteiger partial charge in [-0.3, -0.25) is 0 Å². The lowest BCUT2D eigenvalue weighted by Gasteiger charge is -2.37. The van der Waals surface area contributed by atoms with E-state index in [1.807, 2.05) is 0 Å². The van der Waals surface area contributed by atoms with Crippen LogP contribution in [0.25, 0.3) is 0 Å². The summed E-state index contributed by atoms with van der Waals surface area (Å²) < 4.78 is 44.0. The molecule has 0 bridgehead atoms. The normalized spacial score (nSPS) is 15.7. The first-order chi connectivity index (χ1) is 9.47. The molecule has 1 unspecified atom stereocenters. The Kier molecular flexibility index (Phi) is 5.18. The highest BCUT2D eigenvalue weighted by Crippen LogP contribution is 2.43. The van der Waals surface area contributed by atoms with Gasteiger partial charge in [0.25, 0.3) is 0 Å². The number of halogens is 4. The predicted molar refractivity (Wildman–Crippen MR) is 73.7 cm³/mol. The highest BCUT2D eigenvalue weighted by molar-refractivity contribution is 6.30. The van der Waals surface area contributed by atoms with Crippen LogP contribution in [0.5, 0.6) is 5.75 Å². The highest BCUT2D eigenvalue weighted by atomic mass is 35.5. The number of benzene rings is 1. The molecule has 0 aliphatic rings. The average Bonchev–Trinajstić information content (AvgIpc) is 2.36. The van der Waals surface area contributed by atoms with E-state index in [0.717, 1.165) is 0 Å². The lowest BCUT2D eigenvalue weighted by molar-refractivity contribution is -0.277. The third kappa shape index (κ3) is 3.81. The third-order valence-electron chi connectivity index (χ3n) is 3.41. The molecule has 3 nitrogen and oxygen atoms in total. The van der Waals surface area contributed by atoms with Crippen molar-refractivity contribution in [3.8, 4) is 5.75 Å². The molecule has 2 N–H and O–H groups in total. The van der Waals surface area contributed by atoms with Gasteiger partial charge >= 0.3 is 6.18 Å². The van der Waals surface area contributed by atoms with Crippen LogP contribution in [0.2, 0.25) is 5.02 Å². The fourth-order valence-corrected chi connectivity index (χ4v) is 2.45. The van der Waals surface area contributed by atoms with Crippen LogP contribution in [-0.2, 0) is 5.41 Å². The van der Waals surface area contributed by atoms with Crippen LogP contribution in [0.1, 0.15) is 25.8 Å². The van der Waals surface area contributed by atoms with E-state index in [4.69, 9.17) is 21.4 Å². The van der Waals surface area contributed by atoms with Gasteiger partial charge in [0.1, 0.15) is 5.75 Å². The zero-order valence-electron chi connectivity index (χ0n) is 12.0. The Morgan fingerprint density at radius 1 is 1.24 bits per heavy atom. The molecule has 0 heterocycles. The van der Waals surface area contributed by atoms with E-state index < -0.39 is 30.2 Å². The van der Waals surface area contributed by atoms with Crippen molar-refractivity contribution < 1.29 is 28.1 Å². The van der Waals surface area contributed by atoms with Crippen molar-refractivity contribution in [2.45, 2.75) is 37.5 Å². The van der Waals surface area contributed by atoms with Gasteiger partial charge in [0.15, 0.2) is 5.60 Å². The van der Waals surface area contributed by atoms with Gasteiger partial charge in [0.2, 0.25) is 0 Å². The Bertz CT molecular complexity index is 503. The van der Waals surface area contributed by atoms with Crippen molar-refractivity contribution >= 4 is 11.6 Å². The van der Waals surface area contributed by atoms with Gasteiger partial charge in [-0.2, -0.15) is 13.2 Å². The number of aliphatic hydroxyl groups is 2. The van der Waals surface area contributed by atoms with Gasteiger partial charge in [-0.25, -0.2) is 0 Å². The zero-order chi connectivity index (χ0) is 16.5. The summed E-state index contributed by atoms with van der Waals surface area (Å²) >= 11 is 5.89. The first-order valence-corrected chi connectivity index (χ1v) is 6.58. The predicted octanol–water partition coefficient (Wildman–Crippen LogP) is 3.30. The molecule has 0 radical (unpaired) electrons. The summed E-state index contributed by atoms with van der Waals surface area (Å²) in [5.41, 5.74) is -3.89. The Morgan fingerprint density at radius 2 is 1.81 bits per heavy atom. The van der Waals surface area contributed by atoms with Gasteiger partial charge in [-0.15, -0.1) is 0 Å². The molecule has 0 spiro atoms. The molecule has 1 aromatic rings. The summed E-state index contributed by atoms with van der Waals surface area (Å²) in [5.74, 6) is 0.367. The van der Waals surface area contributed by atoms with E-state index in [2.05, 4.69) is 0 Å². The first kappa shape index (κ1) is 18.1. The fourth-order valence-electron chi connectivity index (χ4n) is 2.28. The van der Waals surface area contributed by atoms with Crippen LogP contribution in [0, 0.1) is 0 Å². The Morgan fingerprint density at radius 3 is 2.24 bits per heavy atom. The monoisotopic (exact) mass is 326 g/mol. The van der Waals surface area contributed by atoms with Crippen LogP contribution in [0.4, 0.5) is 13.2 Å². The molecule has 0 amide bonds. The van der Waals surface area contributed by atoms with Crippen LogP contribution >= 0.6 is 11.6 Å². The lowest BCUT2D eigenvalue weighted by atomic mass is 9.74. The topological polar surface area (TPSA) is 49.7 Å². The number of hydrogen-bond donors (Lipinski definition) is 2. The van der Waals surface area contributed by atoms with Gasteiger partial charge in [-0.05, 0) is 30.0 Å². The summed E-state index contributed by atoms with van der Waals surface area (Å²) in [6, 6.07) is 4.60. The van der Waals surface area contributed by atoms with Gasteiger partial charge in [0.05, 0.1) is 13.7 Å². The lowest BCUT2D eigenvalue weighted by Crippen LogP contribution is -2.52. The number of ether oxygens (including phenoxy) is 1. The minimum absolute atomic E-state index is 0.346. The second kappa shape index (κ2) is 6.02. The molecule has 0 aliphatic heterocycles. The smallest absolute Gasteiger partial charge is 0.419 e. The minimum Gasteiger partial charge on any atom is -0.496 e. The quantitative estimate of drug-likeness (QED) is 0.873. The van der Waals surface area contributed by atoms with Gasteiger partial charge < -0.3 is 14.9 Å². The molecule has 0 saturated carbocycles. The molecule has 21 heavy (non-hydrogen) atoms. The molecule has 120 valence electrons. The van der Waals surface area contributed by atoms with Crippen molar-refractivity contribution in [2.75, 3.05) is 13.7 Å². The molecule has 0 aromatic heterocycles. The number of aliphatic hydroxyl groups excluding tert-OH is 1. The Balaban J connectivity index is 3.25. The summed E-state index contributed by atoms with van der Waals surface area (Å²) in [5, 5.41) is 19.1. The molecule has 1 rings (SSSR count). The number of rotatable bonds is 5. The van der Waals surface area contributed by atoms with Crippen LogP contribution in [0.15, 0.2) is 18.2 Å². The number of methoxy groups -OCH3 is 1. The van der Waals surface area contributed by atoms with Gasteiger partial charge in [0, 0.05) is 10.6 Å². The third-order valence-corrected chi connectivity index (χ3v) is 3.65. The number of alkyl halides is 3. The molecule has 7 heteroatoms. The van der Waals surface area contributed by atoms with Crippen LogP contribution in [0.3, 0.4) is 0 Å². The first-order valence-electron chi connectivity index (χ1n) is 6.21. The van der Waals surface area contributed by atoms with E-state index in [-0.39, 0.29) is 0 Å². The molecule has 1 atom stereocenters. The highest BCUT2D eigenvalue weighted by Gasteiger charge is 2.55. The summed E-state index contributed by atoms with van der Waals surface area (Å²) in [7, 11) is 1.39. The van der Waals surface area contributed by atoms with E-state index in [0.29, 0.717) is 16.3 Å². The van der Waals surface area contributed by atoms with Crippen LogP contribution in [-0.4, -0.2) is 35.7 Å². The average molecular weight is 327 g/mol. The summed E-state index contributed by atoms with van der Waals surface area (Å²) in [4.78, 5) is 0. The minimum atomic E-state index is -4.94. The maximum atomic E-state index is 12.9. The van der Waals surface area contributed by atoms with Crippen molar-refractivity contribution in [1.82, 2.24) is 0 Å². The largest absolute Gasteiger partial charge is 0.496 e. The maximum absolute atomic E-state index is 12.9. The Labute approximate surface area is 126 Å². The van der Waals surface area contributed by atoms with Crippen LogP contribution < -0.4 is 4.74 Å². The molecule has 0 fully saturated rings. The van der Waals surface area contributed by atoms with Crippen molar-refractivity contribution in [1.29, 1.82) is 0 Å². The van der Waals surface area contributed by atoms with Crippen molar-refractivity contribution in [2.24, 2.45) is 0 Å². The van der Waals surface area contributed by atoms with E-state index in [9.17, 15) is 18.3 Å². The van der Waals surface area contributed by atoms with Crippen molar-refractivity contribution in [3.05, 3.63) is 28.8 Å². The number of hydrogen-bond acceptors (Lipinski definition) is 3. The van der Waals surface area contributed by atoms with E-state index in [1.165, 1.54) is 27.0 Å². The second-order valence-corrected chi connectivity index (χ2v) is 6.03. The zero-order valence-corrected chi connectivity index (χ0v) is 12.7. The molecule has 0 saturated heterocycles. The SMILES string of the molecule is COc1ccc(Cl)cc1C(C)(C)CC(O)(CO)C(F)(F)F. The van der Waals surface area contributed by atoms with E-state index >= 15 is 0 Å². The summed E-state index contributed by atoms with van der Waals surface area (Å²) in [6.07, 6.45) is -5.67. The molecular weight excluding hydrogens is 309 g/mol. The Hall–Kier alpha value is -0.980. The second-order valence-electron chi connectivity index (χ2n) is 5.59. The molecule has 0 aliphatic carbocycles.